The van der Waals surface area contributed by atoms with Gasteiger partial charge in [-0.05, 0) is 61.1 Å². The molecule has 0 aliphatic rings. The highest BCUT2D eigenvalue weighted by Crippen LogP contribution is 2.15. The largest absolute Gasteiger partial charge is 0.340 e. The van der Waals surface area contributed by atoms with E-state index in [9.17, 15) is 22.4 Å². The van der Waals surface area contributed by atoms with Gasteiger partial charge in [0.25, 0.3) is 5.91 Å². The van der Waals surface area contributed by atoms with E-state index in [4.69, 9.17) is 0 Å². The number of amides is 2. The van der Waals surface area contributed by atoms with Crippen molar-refractivity contribution in [2.75, 3.05) is 12.4 Å². The molecule has 0 aromatic heterocycles. The number of sulfonamides is 1. The Balaban J connectivity index is 1.78. The Bertz CT molecular complexity index is 1180. The molecule has 7 nitrogen and oxygen atoms in total. The van der Waals surface area contributed by atoms with E-state index >= 15 is 0 Å². The third kappa shape index (κ3) is 5.99. The van der Waals surface area contributed by atoms with E-state index in [1.807, 2.05) is 30.3 Å². The second kappa shape index (κ2) is 10.2. The van der Waals surface area contributed by atoms with Crippen LogP contribution >= 0.6 is 0 Å². The van der Waals surface area contributed by atoms with E-state index in [1.165, 1.54) is 55.6 Å². The third-order valence-electron chi connectivity index (χ3n) is 4.71. The number of hydrogen-bond acceptors (Lipinski definition) is 4. The summed E-state index contributed by atoms with van der Waals surface area (Å²) in [6, 6.07) is 18.9. The first-order chi connectivity index (χ1) is 15.3. The fourth-order valence-corrected chi connectivity index (χ4v) is 3.70. The first-order valence-corrected chi connectivity index (χ1v) is 11.2. The van der Waals surface area contributed by atoms with Gasteiger partial charge in [-0.15, -0.1) is 0 Å². The van der Waals surface area contributed by atoms with Gasteiger partial charge in [0.2, 0.25) is 15.9 Å². The maximum atomic E-state index is 13.2. The average molecular weight is 456 g/mol. The maximum absolute atomic E-state index is 13.2. The summed E-state index contributed by atoms with van der Waals surface area (Å²) in [5.41, 5.74) is 1.43. The van der Waals surface area contributed by atoms with Gasteiger partial charge in [-0.1, -0.05) is 30.3 Å². The molecule has 3 rings (SSSR count). The highest BCUT2D eigenvalue weighted by atomic mass is 32.2. The number of nitrogens with one attached hydrogen (secondary N) is 3. The molecule has 0 aliphatic heterocycles. The fourth-order valence-electron chi connectivity index (χ4n) is 2.97. The van der Waals surface area contributed by atoms with E-state index in [-0.39, 0.29) is 16.9 Å². The van der Waals surface area contributed by atoms with E-state index in [0.717, 1.165) is 5.56 Å². The monoisotopic (exact) mass is 455 g/mol. The van der Waals surface area contributed by atoms with Gasteiger partial charge in [0.15, 0.2) is 0 Å². The Labute approximate surface area is 185 Å². The van der Waals surface area contributed by atoms with E-state index in [0.29, 0.717) is 5.69 Å². The number of hydrogen-bond donors (Lipinski definition) is 3. The van der Waals surface area contributed by atoms with Crippen LogP contribution in [0.3, 0.4) is 0 Å². The van der Waals surface area contributed by atoms with Crippen LogP contribution in [0.15, 0.2) is 83.8 Å². The summed E-state index contributed by atoms with van der Waals surface area (Å²) in [5, 5.41) is 5.38. The first-order valence-electron chi connectivity index (χ1n) is 9.73. The molecular formula is C23H22FN3O4S. The van der Waals surface area contributed by atoms with Crippen LogP contribution in [0.4, 0.5) is 10.1 Å². The molecule has 0 radical (unpaired) electrons. The van der Waals surface area contributed by atoms with E-state index in [2.05, 4.69) is 15.4 Å². The number of halogens is 1. The lowest BCUT2D eigenvalue weighted by atomic mass is 10.0. The smallest absolute Gasteiger partial charge is 0.251 e. The van der Waals surface area contributed by atoms with Gasteiger partial charge in [-0.2, -0.15) is 0 Å². The molecule has 0 aliphatic carbocycles. The molecule has 0 saturated carbocycles. The second-order valence-electron chi connectivity index (χ2n) is 6.94. The molecule has 0 bridgehead atoms. The molecule has 1 unspecified atom stereocenters. The standard InChI is InChI=1S/C23H22FN3O4S/c1-25-32(30,31)20-13-11-19(12-14-20)26-23(29)21(15-16-5-3-2-4-6-16)27-22(28)17-7-9-18(24)10-8-17/h2-14,21,25H,15H2,1H3,(H,26,29)(H,27,28). The second-order valence-corrected chi connectivity index (χ2v) is 8.83. The van der Waals surface area contributed by atoms with Crippen LogP contribution in [0, 0.1) is 5.82 Å². The topological polar surface area (TPSA) is 104 Å². The van der Waals surface area contributed by atoms with Crippen LogP contribution < -0.4 is 15.4 Å². The minimum absolute atomic E-state index is 0.0587. The number of rotatable bonds is 8. The Morgan fingerprint density at radius 1 is 0.906 bits per heavy atom. The fraction of sp³-hybridized carbons (Fsp3) is 0.130. The SMILES string of the molecule is CNS(=O)(=O)c1ccc(NC(=O)C(Cc2ccccc2)NC(=O)c2ccc(F)cc2)cc1. The van der Waals surface area contributed by atoms with Gasteiger partial charge in [0.1, 0.15) is 11.9 Å². The van der Waals surface area contributed by atoms with Crippen LogP contribution in [-0.4, -0.2) is 33.3 Å². The highest BCUT2D eigenvalue weighted by Gasteiger charge is 2.22. The minimum atomic E-state index is -3.60. The normalized spacial score (nSPS) is 12.1. The molecule has 3 N–H and O–H groups in total. The lowest BCUT2D eigenvalue weighted by Crippen LogP contribution is -2.45. The number of carbonyl (C=O) groups excluding carboxylic acids is 2. The molecular weight excluding hydrogens is 433 g/mol. The molecule has 2 amide bonds. The van der Waals surface area contributed by atoms with Crippen LogP contribution in [-0.2, 0) is 21.2 Å². The Morgan fingerprint density at radius 2 is 1.53 bits per heavy atom. The summed E-state index contributed by atoms with van der Waals surface area (Å²) in [6.45, 7) is 0. The lowest BCUT2D eigenvalue weighted by Gasteiger charge is -2.19. The zero-order chi connectivity index (χ0) is 23.1. The van der Waals surface area contributed by atoms with Gasteiger partial charge in [-0.3, -0.25) is 9.59 Å². The highest BCUT2D eigenvalue weighted by molar-refractivity contribution is 7.89. The predicted molar refractivity (Wildman–Crippen MR) is 119 cm³/mol. The van der Waals surface area contributed by atoms with Crippen molar-refractivity contribution < 1.29 is 22.4 Å². The number of carbonyl (C=O) groups is 2. The van der Waals surface area contributed by atoms with Crippen LogP contribution in [0.2, 0.25) is 0 Å². The van der Waals surface area contributed by atoms with Crippen molar-refractivity contribution >= 4 is 27.5 Å². The maximum Gasteiger partial charge on any atom is 0.251 e. The summed E-state index contributed by atoms with van der Waals surface area (Å²) in [6.07, 6.45) is 0.228. The van der Waals surface area contributed by atoms with Crippen molar-refractivity contribution in [2.24, 2.45) is 0 Å². The van der Waals surface area contributed by atoms with Crippen molar-refractivity contribution in [1.82, 2.24) is 10.0 Å². The van der Waals surface area contributed by atoms with Crippen LogP contribution in [0.5, 0.6) is 0 Å². The van der Waals surface area contributed by atoms with Crippen molar-refractivity contribution in [1.29, 1.82) is 0 Å². The quantitative estimate of drug-likeness (QED) is 0.486. The van der Waals surface area contributed by atoms with Crippen LogP contribution in [0.25, 0.3) is 0 Å². The molecule has 0 heterocycles. The average Bonchev–Trinajstić information content (AvgIpc) is 2.80. The molecule has 166 valence electrons. The zero-order valence-electron chi connectivity index (χ0n) is 17.2. The lowest BCUT2D eigenvalue weighted by molar-refractivity contribution is -0.118. The number of benzene rings is 3. The van der Waals surface area contributed by atoms with Crippen LogP contribution in [0.1, 0.15) is 15.9 Å². The minimum Gasteiger partial charge on any atom is -0.340 e. The Hall–Kier alpha value is -3.56. The first kappa shape index (κ1) is 23.1. The van der Waals surface area contributed by atoms with Gasteiger partial charge in [0, 0.05) is 17.7 Å². The summed E-state index contributed by atoms with van der Waals surface area (Å²) in [4.78, 5) is 25.6. The number of anilines is 1. The van der Waals surface area contributed by atoms with Gasteiger partial charge < -0.3 is 10.6 Å². The van der Waals surface area contributed by atoms with Crippen molar-refractivity contribution in [3.8, 4) is 0 Å². The summed E-state index contributed by atoms with van der Waals surface area (Å²) >= 11 is 0. The van der Waals surface area contributed by atoms with Gasteiger partial charge >= 0.3 is 0 Å². The zero-order valence-corrected chi connectivity index (χ0v) is 18.0. The predicted octanol–water partition coefficient (Wildman–Crippen LogP) is 2.71. The van der Waals surface area contributed by atoms with Gasteiger partial charge in [-0.25, -0.2) is 17.5 Å². The van der Waals surface area contributed by atoms with Crippen molar-refractivity contribution in [2.45, 2.75) is 17.4 Å². The molecule has 0 fully saturated rings. The summed E-state index contributed by atoms with van der Waals surface area (Å²) < 4.78 is 39.1. The summed E-state index contributed by atoms with van der Waals surface area (Å²) in [7, 11) is -2.29. The van der Waals surface area contributed by atoms with Crippen molar-refractivity contribution in [3.63, 3.8) is 0 Å². The van der Waals surface area contributed by atoms with Crippen molar-refractivity contribution in [3.05, 3.63) is 95.8 Å². The molecule has 1 atom stereocenters. The third-order valence-corrected chi connectivity index (χ3v) is 6.14. The molecule has 3 aromatic carbocycles. The summed E-state index contributed by atoms with van der Waals surface area (Å²) in [5.74, 6) is -1.46. The molecule has 0 saturated heterocycles. The Morgan fingerprint density at radius 3 is 2.12 bits per heavy atom. The van der Waals surface area contributed by atoms with Gasteiger partial charge in [0.05, 0.1) is 4.90 Å². The molecule has 0 spiro atoms. The molecule has 9 heteroatoms. The molecule has 32 heavy (non-hydrogen) atoms. The molecule has 3 aromatic rings. The van der Waals surface area contributed by atoms with E-state index in [1.54, 1.807) is 0 Å². The van der Waals surface area contributed by atoms with E-state index < -0.39 is 33.7 Å². The Kier molecular flexibility index (Phi) is 7.34.